The van der Waals surface area contributed by atoms with E-state index in [0.29, 0.717) is 24.4 Å². The molecule has 0 aliphatic carbocycles. The molecule has 1 saturated heterocycles. The molecule has 0 saturated carbocycles. The van der Waals surface area contributed by atoms with E-state index in [1.165, 1.54) is 9.08 Å². The number of carbonyl (C=O) groups is 1. The fraction of sp³-hybridized carbons (Fsp3) is 0.174. The molecular weight excluding hydrogens is 392 g/mol. The van der Waals surface area contributed by atoms with Gasteiger partial charge in [0.1, 0.15) is 0 Å². The maximum Gasteiger partial charge on any atom is 0.350 e. The second-order valence-electron chi connectivity index (χ2n) is 7.58. The van der Waals surface area contributed by atoms with Crippen molar-refractivity contribution >= 4 is 17.2 Å². The van der Waals surface area contributed by atoms with Gasteiger partial charge >= 0.3 is 5.69 Å². The minimum Gasteiger partial charge on any atom is -0.326 e. The van der Waals surface area contributed by atoms with E-state index in [-0.39, 0.29) is 23.6 Å². The number of fused-ring (bicyclic) bond motifs is 1. The highest BCUT2D eigenvalue weighted by Gasteiger charge is 2.33. The number of hydrazine groups is 1. The number of nitrogens with zero attached hydrogens (tertiary/aromatic N) is 3. The van der Waals surface area contributed by atoms with Crippen LogP contribution in [0.5, 0.6) is 0 Å². The normalized spacial score (nSPS) is 18.3. The SMILES string of the molecule is O=C(Nc1cccc(Cn2nc3ccccn3c2=O)c1)C1CNNC1c1ccccc1. The number of amides is 1. The molecule has 2 aromatic carbocycles. The van der Waals surface area contributed by atoms with Crippen molar-refractivity contribution < 1.29 is 4.79 Å². The summed E-state index contributed by atoms with van der Waals surface area (Å²) in [4.78, 5) is 25.5. The molecule has 2 aromatic heterocycles. The molecule has 3 N–H and O–H groups in total. The van der Waals surface area contributed by atoms with Crippen LogP contribution in [0, 0.1) is 5.92 Å². The third-order valence-corrected chi connectivity index (χ3v) is 5.49. The quantitative estimate of drug-likeness (QED) is 0.464. The summed E-state index contributed by atoms with van der Waals surface area (Å²) in [5.74, 6) is -0.305. The Labute approximate surface area is 178 Å². The number of nitrogens with one attached hydrogen (secondary N) is 3. The number of hydrogen-bond acceptors (Lipinski definition) is 5. The Hall–Kier alpha value is -3.75. The molecule has 3 heterocycles. The third kappa shape index (κ3) is 3.86. The lowest BCUT2D eigenvalue weighted by molar-refractivity contribution is -0.119. The second kappa shape index (κ2) is 8.17. The first-order valence-electron chi connectivity index (χ1n) is 10.2. The zero-order valence-corrected chi connectivity index (χ0v) is 16.7. The first-order valence-corrected chi connectivity index (χ1v) is 10.2. The van der Waals surface area contributed by atoms with Gasteiger partial charge in [0, 0.05) is 18.4 Å². The fourth-order valence-electron chi connectivity index (χ4n) is 3.94. The number of hydrogen-bond donors (Lipinski definition) is 3. The van der Waals surface area contributed by atoms with Crippen LogP contribution >= 0.6 is 0 Å². The van der Waals surface area contributed by atoms with E-state index in [9.17, 15) is 9.59 Å². The van der Waals surface area contributed by atoms with Gasteiger partial charge in [-0.1, -0.05) is 48.5 Å². The first-order chi connectivity index (χ1) is 15.2. The van der Waals surface area contributed by atoms with Crippen molar-refractivity contribution in [2.75, 3.05) is 11.9 Å². The van der Waals surface area contributed by atoms with E-state index in [4.69, 9.17) is 0 Å². The van der Waals surface area contributed by atoms with Gasteiger partial charge in [-0.2, -0.15) is 0 Å². The van der Waals surface area contributed by atoms with Crippen LogP contribution in [0.3, 0.4) is 0 Å². The van der Waals surface area contributed by atoms with Gasteiger partial charge in [-0.15, -0.1) is 5.10 Å². The predicted molar refractivity (Wildman–Crippen MR) is 117 cm³/mol. The van der Waals surface area contributed by atoms with Crippen LogP contribution in [-0.2, 0) is 11.3 Å². The van der Waals surface area contributed by atoms with Gasteiger partial charge in [0.15, 0.2) is 5.65 Å². The van der Waals surface area contributed by atoms with Gasteiger partial charge in [-0.05, 0) is 35.4 Å². The summed E-state index contributed by atoms with van der Waals surface area (Å²) in [7, 11) is 0. The van der Waals surface area contributed by atoms with Crippen molar-refractivity contribution in [1.29, 1.82) is 0 Å². The highest BCUT2D eigenvalue weighted by atomic mass is 16.2. The van der Waals surface area contributed by atoms with E-state index in [0.717, 1.165) is 11.1 Å². The number of rotatable bonds is 5. The highest BCUT2D eigenvalue weighted by molar-refractivity contribution is 5.93. The lowest BCUT2D eigenvalue weighted by atomic mass is 9.94. The molecular formula is C23H22N6O2. The van der Waals surface area contributed by atoms with Crippen molar-refractivity contribution in [3.63, 3.8) is 0 Å². The molecule has 1 fully saturated rings. The standard InChI is InChI=1S/C23H22N6O2/c30-22(19-14-24-26-21(19)17-8-2-1-3-9-17)25-18-10-6-7-16(13-18)15-29-23(31)28-12-5-4-11-20(28)27-29/h1-13,19,21,24,26H,14-15H2,(H,25,30). The van der Waals surface area contributed by atoms with Crippen LogP contribution in [0.4, 0.5) is 5.69 Å². The van der Waals surface area contributed by atoms with Crippen molar-refractivity contribution in [3.05, 3.63) is 101 Å². The maximum absolute atomic E-state index is 13.0. The smallest absolute Gasteiger partial charge is 0.326 e. The van der Waals surface area contributed by atoms with E-state index in [1.54, 1.807) is 18.3 Å². The molecule has 2 atom stereocenters. The summed E-state index contributed by atoms with van der Waals surface area (Å²) >= 11 is 0. The summed E-state index contributed by atoms with van der Waals surface area (Å²) < 4.78 is 2.93. The zero-order chi connectivity index (χ0) is 21.2. The van der Waals surface area contributed by atoms with E-state index >= 15 is 0 Å². The van der Waals surface area contributed by atoms with E-state index in [1.807, 2.05) is 60.7 Å². The van der Waals surface area contributed by atoms with Gasteiger partial charge in [0.05, 0.1) is 18.5 Å². The minimum atomic E-state index is -0.243. The summed E-state index contributed by atoms with van der Waals surface area (Å²) in [6, 6.07) is 22.8. The average molecular weight is 414 g/mol. The average Bonchev–Trinajstić information content (AvgIpc) is 3.40. The number of carbonyl (C=O) groups excluding carboxylic acids is 1. The summed E-state index contributed by atoms with van der Waals surface area (Å²) in [6.45, 7) is 0.866. The van der Waals surface area contributed by atoms with Crippen LogP contribution in [0.2, 0.25) is 0 Å². The van der Waals surface area contributed by atoms with Gasteiger partial charge in [0.2, 0.25) is 5.91 Å². The molecule has 0 radical (unpaired) electrons. The lowest BCUT2D eigenvalue weighted by Crippen LogP contribution is -2.29. The van der Waals surface area contributed by atoms with E-state index in [2.05, 4.69) is 21.3 Å². The molecule has 8 nitrogen and oxygen atoms in total. The molecule has 0 spiro atoms. The number of anilines is 1. The number of aromatic nitrogens is 3. The second-order valence-corrected chi connectivity index (χ2v) is 7.58. The minimum absolute atomic E-state index is 0.0617. The van der Waals surface area contributed by atoms with Crippen molar-refractivity contribution in [2.24, 2.45) is 5.92 Å². The van der Waals surface area contributed by atoms with Crippen LogP contribution in [0.15, 0.2) is 83.8 Å². The van der Waals surface area contributed by atoms with E-state index < -0.39 is 0 Å². The largest absolute Gasteiger partial charge is 0.350 e. The van der Waals surface area contributed by atoms with Gasteiger partial charge in [0.25, 0.3) is 0 Å². The summed E-state index contributed by atoms with van der Waals surface area (Å²) in [6.07, 6.45) is 1.70. The molecule has 31 heavy (non-hydrogen) atoms. The Morgan fingerprint density at radius 1 is 1.06 bits per heavy atom. The molecule has 8 heteroatoms. The molecule has 4 aromatic rings. The number of benzene rings is 2. The zero-order valence-electron chi connectivity index (χ0n) is 16.7. The highest BCUT2D eigenvalue weighted by Crippen LogP contribution is 2.26. The molecule has 5 rings (SSSR count). The Morgan fingerprint density at radius 3 is 2.74 bits per heavy atom. The summed E-state index contributed by atoms with van der Waals surface area (Å²) in [5.41, 5.74) is 9.33. The molecule has 1 aliphatic heterocycles. The predicted octanol–water partition coefficient (Wildman–Crippen LogP) is 1.95. The van der Waals surface area contributed by atoms with Crippen molar-refractivity contribution in [2.45, 2.75) is 12.6 Å². The molecule has 2 unspecified atom stereocenters. The Morgan fingerprint density at radius 2 is 1.90 bits per heavy atom. The maximum atomic E-state index is 13.0. The topological polar surface area (TPSA) is 92.5 Å². The van der Waals surface area contributed by atoms with Gasteiger partial charge < -0.3 is 5.32 Å². The number of pyridine rings is 1. The van der Waals surface area contributed by atoms with Crippen LogP contribution < -0.4 is 21.9 Å². The molecule has 1 amide bonds. The van der Waals surface area contributed by atoms with Crippen molar-refractivity contribution in [1.82, 2.24) is 25.0 Å². The monoisotopic (exact) mass is 414 g/mol. The molecule has 156 valence electrons. The Bertz CT molecular complexity index is 1280. The van der Waals surface area contributed by atoms with Crippen LogP contribution in [0.25, 0.3) is 5.65 Å². The van der Waals surface area contributed by atoms with Gasteiger partial charge in [-0.3, -0.25) is 14.6 Å². The van der Waals surface area contributed by atoms with Crippen molar-refractivity contribution in [3.8, 4) is 0 Å². The molecule has 1 aliphatic rings. The fourth-order valence-corrected chi connectivity index (χ4v) is 3.94. The Balaban J connectivity index is 1.32. The summed E-state index contributed by atoms with van der Waals surface area (Å²) in [5, 5.41) is 7.39. The Kier molecular flexibility index (Phi) is 5.07. The van der Waals surface area contributed by atoms with Crippen LogP contribution in [-0.4, -0.2) is 26.6 Å². The molecule has 0 bridgehead atoms. The lowest BCUT2D eigenvalue weighted by Gasteiger charge is -2.18. The third-order valence-electron chi connectivity index (χ3n) is 5.49. The van der Waals surface area contributed by atoms with Gasteiger partial charge in [-0.25, -0.2) is 14.9 Å². The van der Waals surface area contributed by atoms with Crippen LogP contribution in [0.1, 0.15) is 17.2 Å². The first kappa shape index (κ1) is 19.2.